The fourth-order valence-electron chi connectivity index (χ4n) is 1.47. The number of aromatic amines is 1. The van der Waals surface area contributed by atoms with E-state index in [1.807, 2.05) is 13.8 Å². The third-order valence-electron chi connectivity index (χ3n) is 2.39. The van der Waals surface area contributed by atoms with E-state index in [2.05, 4.69) is 30.2 Å². The minimum atomic E-state index is 0.223. The van der Waals surface area contributed by atoms with E-state index in [0.29, 0.717) is 18.3 Å². The summed E-state index contributed by atoms with van der Waals surface area (Å²) in [4.78, 5) is 19.6. The minimum absolute atomic E-state index is 0.223. The van der Waals surface area contributed by atoms with Crippen LogP contribution in [0, 0.1) is 0 Å². The standard InChI is InChI=1S/C11H17N7/c1-7(2)9-16-10(12)18-11(17-9)15-4-3-8-13-5-6-14-8/h5-7H,3-4H2,1-2H3,(H,13,14)(H3,12,15,16,17,18). The maximum Gasteiger partial charge on any atom is 0.227 e. The second-order valence-corrected chi connectivity index (χ2v) is 4.24. The lowest BCUT2D eigenvalue weighted by Gasteiger charge is -2.08. The Kier molecular flexibility index (Phi) is 3.71. The van der Waals surface area contributed by atoms with Crippen molar-refractivity contribution >= 4 is 11.9 Å². The van der Waals surface area contributed by atoms with Gasteiger partial charge >= 0.3 is 0 Å². The Morgan fingerprint density at radius 1 is 1.33 bits per heavy atom. The van der Waals surface area contributed by atoms with E-state index in [-0.39, 0.29) is 11.9 Å². The molecule has 0 aliphatic carbocycles. The number of imidazole rings is 1. The topological polar surface area (TPSA) is 105 Å². The molecule has 0 aromatic carbocycles. The zero-order valence-electron chi connectivity index (χ0n) is 10.5. The highest BCUT2D eigenvalue weighted by molar-refractivity contribution is 5.31. The van der Waals surface area contributed by atoms with Crippen molar-refractivity contribution in [3.63, 3.8) is 0 Å². The van der Waals surface area contributed by atoms with E-state index in [0.717, 1.165) is 12.2 Å². The van der Waals surface area contributed by atoms with Crippen LogP contribution in [0.1, 0.15) is 31.4 Å². The predicted molar refractivity (Wildman–Crippen MR) is 69.1 cm³/mol. The number of hydrogen-bond donors (Lipinski definition) is 3. The number of nitrogens with one attached hydrogen (secondary N) is 2. The van der Waals surface area contributed by atoms with Crippen LogP contribution in [0.25, 0.3) is 0 Å². The van der Waals surface area contributed by atoms with Crippen LogP contribution in [0.15, 0.2) is 12.4 Å². The van der Waals surface area contributed by atoms with Gasteiger partial charge in [-0.25, -0.2) is 4.98 Å². The molecule has 0 saturated carbocycles. The molecule has 7 heteroatoms. The van der Waals surface area contributed by atoms with Crippen molar-refractivity contribution in [1.29, 1.82) is 0 Å². The summed E-state index contributed by atoms with van der Waals surface area (Å²) in [5.41, 5.74) is 5.64. The Bertz CT molecular complexity index is 492. The highest BCUT2D eigenvalue weighted by atomic mass is 15.2. The smallest absolute Gasteiger partial charge is 0.227 e. The summed E-state index contributed by atoms with van der Waals surface area (Å²) in [5, 5.41) is 3.12. The Hall–Kier alpha value is -2.18. The van der Waals surface area contributed by atoms with Gasteiger partial charge in [0, 0.05) is 31.3 Å². The van der Waals surface area contributed by atoms with Crippen molar-refractivity contribution in [1.82, 2.24) is 24.9 Å². The van der Waals surface area contributed by atoms with Gasteiger partial charge in [-0.05, 0) is 0 Å². The summed E-state index contributed by atoms with van der Waals surface area (Å²) in [6.07, 6.45) is 4.30. The van der Waals surface area contributed by atoms with Crippen LogP contribution in [-0.4, -0.2) is 31.5 Å². The van der Waals surface area contributed by atoms with Crippen molar-refractivity contribution in [2.45, 2.75) is 26.2 Å². The van der Waals surface area contributed by atoms with Gasteiger partial charge in [-0.3, -0.25) is 0 Å². The number of nitrogen functional groups attached to an aromatic ring is 1. The summed E-state index contributed by atoms with van der Waals surface area (Å²) < 4.78 is 0. The first-order chi connectivity index (χ1) is 8.65. The van der Waals surface area contributed by atoms with E-state index in [9.17, 15) is 0 Å². The molecule has 18 heavy (non-hydrogen) atoms. The first kappa shape index (κ1) is 12.3. The lowest BCUT2D eigenvalue weighted by molar-refractivity contribution is 0.763. The number of hydrogen-bond acceptors (Lipinski definition) is 6. The van der Waals surface area contributed by atoms with Crippen LogP contribution in [0.5, 0.6) is 0 Å². The summed E-state index contributed by atoms with van der Waals surface area (Å²) in [6.45, 7) is 4.72. The van der Waals surface area contributed by atoms with Gasteiger partial charge in [0.25, 0.3) is 0 Å². The molecule has 2 heterocycles. The molecule has 0 aliphatic heterocycles. The van der Waals surface area contributed by atoms with Crippen molar-refractivity contribution in [2.24, 2.45) is 0 Å². The van der Waals surface area contributed by atoms with Crippen molar-refractivity contribution in [3.8, 4) is 0 Å². The molecule has 0 spiro atoms. The van der Waals surface area contributed by atoms with Crippen molar-refractivity contribution in [2.75, 3.05) is 17.6 Å². The summed E-state index contributed by atoms with van der Waals surface area (Å²) in [7, 11) is 0. The fourth-order valence-corrected chi connectivity index (χ4v) is 1.47. The second kappa shape index (κ2) is 5.44. The molecule has 0 saturated heterocycles. The molecule has 0 amide bonds. The maximum absolute atomic E-state index is 5.64. The van der Waals surface area contributed by atoms with Crippen molar-refractivity contribution in [3.05, 3.63) is 24.0 Å². The van der Waals surface area contributed by atoms with Crippen LogP contribution in [0.2, 0.25) is 0 Å². The molecule has 0 atom stereocenters. The molecule has 0 unspecified atom stereocenters. The van der Waals surface area contributed by atoms with Crippen LogP contribution in [-0.2, 0) is 6.42 Å². The molecule has 2 rings (SSSR count). The van der Waals surface area contributed by atoms with Crippen LogP contribution in [0.4, 0.5) is 11.9 Å². The summed E-state index contributed by atoms with van der Waals surface area (Å²) >= 11 is 0. The largest absolute Gasteiger partial charge is 0.368 e. The lowest BCUT2D eigenvalue weighted by Crippen LogP contribution is -2.13. The van der Waals surface area contributed by atoms with Gasteiger partial charge in [-0.1, -0.05) is 13.8 Å². The third-order valence-corrected chi connectivity index (χ3v) is 2.39. The van der Waals surface area contributed by atoms with Gasteiger partial charge in [0.15, 0.2) is 0 Å². The van der Waals surface area contributed by atoms with E-state index >= 15 is 0 Å². The highest BCUT2D eigenvalue weighted by Gasteiger charge is 2.07. The number of rotatable bonds is 5. The molecule has 7 nitrogen and oxygen atoms in total. The molecule has 0 aliphatic rings. The quantitative estimate of drug-likeness (QED) is 0.726. The number of nitrogens with zero attached hydrogens (tertiary/aromatic N) is 4. The molecule has 0 bridgehead atoms. The normalized spacial score (nSPS) is 10.8. The van der Waals surface area contributed by atoms with Crippen LogP contribution >= 0.6 is 0 Å². The number of H-pyrrole nitrogens is 1. The minimum Gasteiger partial charge on any atom is -0.368 e. The highest BCUT2D eigenvalue weighted by Crippen LogP contribution is 2.11. The monoisotopic (exact) mass is 247 g/mol. The van der Waals surface area contributed by atoms with Gasteiger partial charge in [0.2, 0.25) is 11.9 Å². The van der Waals surface area contributed by atoms with Gasteiger partial charge in [-0.15, -0.1) is 0 Å². The van der Waals surface area contributed by atoms with Crippen molar-refractivity contribution < 1.29 is 0 Å². The van der Waals surface area contributed by atoms with Gasteiger partial charge < -0.3 is 16.0 Å². The predicted octanol–water partition coefficient (Wildman–Crippen LogP) is 0.955. The number of anilines is 2. The molecular weight excluding hydrogens is 230 g/mol. The Balaban J connectivity index is 1.96. The van der Waals surface area contributed by atoms with Gasteiger partial charge in [-0.2, -0.15) is 15.0 Å². The average molecular weight is 247 g/mol. The van der Waals surface area contributed by atoms with Gasteiger partial charge in [0.05, 0.1) is 0 Å². The molecule has 2 aromatic rings. The first-order valence-corrected chi connectivity index (χ1v) is 5.88. The molecule has 96 valence electrons. The molecular formula is C11H17N7. The average Bonchev–Trinajstić information content (AvgIpc) is 2.81. The van der Waals surface area contributed by atoms with Crippen LogP contribution < -0.4 is 11.1 Å². The van der Waals surface area contributed by atoms with Crippen LogP contribution in [0.3, 0.4) is 0 Å². The zero-order valence-corrected chi connectivity index (χ0v) is 10.5. The molecule has 0 fully saturated rings. The van der Waals surface area contributed by atoms with E-state index in [1.165, 1.54) is 0 Å². The number of nitrogens with two attached hydrogens (primary N) is 1. The molecule has 4 N–H and O–H groups in total. The van der Waals surface area contributed by atoms with E-state index < -0.39 is 0 Å². The lowest BCUT2D eigenvalue weighted by atomic mass is 10.2. The first-order valence-electron chi connectivity index (χ1n) is 5.88. The summed E-state index contributed by atoms with van der Waals surface area (Å²) in [6, 6.07) is 0. The van der Waals surface area contributed by atoms with E-state index in [1.54, 1.807) is 12.4 Å². The Morgan fingerprint density at radius 2 is 2.17 bits per heavy atom. The third kappa shape index (κ3) is 3.16. The molecule has 0 radical (unpaired) electrons. The fraction of sp³-hybridized carbons (Fsp3) is 0.455. The van der Waals surface area contributed by atoms with E-state index in [4.69, 9.17) is 5.73 Å². The van der Waals surface area contributed by atoms with Gasteiger partial charge in [0.1, 0.15) is 11.6 Å². The SMILES string of the molecule is CC(C)c1nc(N)nc(NCCc2ncc[nH]2)n1. The number of aromatic nitrogens is 5. The Morgan fingerprint density at radius 3 is 2.83 bits per heavy atom. The second-order valence-electron chi connectivity index (χ2n) is 4.24. The summed E-state index contributed by atoms with van der Waals surface area (Å²) in [5.74, 6) is 2.60. The zero-order chi connectivity index (χ0) is 13.0. The maximum atomic E-state index is 5.64. The Labute approximate surface area is 105 Å². The molecule has 2 aromatic heterocycles.